The van der Waals surface area contributed by atoms with E-state index in [0.29, 0.717) is 17.9 Å². The highest BCUT2D eigenvalue weighted by Crippen LogP contribution is 2.60. The van der Waals surface area contributed by atoms with Crippen molar-refractivity contribution in [1.82, 2.24) is 10.6 Å². The number of hydrogen-bond donors (Lipinski definition) is 3. The van der Waals surface area contributed by atoms with Crippen LogP contribution in [0.15, 0.2) is 0 Å². The summed E-state index contributed by atoms with van der Waals surface area (Å²) < 4.78 is 0. The van der Waals surface area contributed by atoms with Crippen molar-refractivity contribution in [2.75, 3.05) is 13.1 Å². The minimum atomic E-state index is -0.798. The van der Waals surface area contributed by atoms with Gasteiger partial charge in [-0.15, -0.1) is 0 Å². The molecule has 21 heavy (non-hydrogen) atoms. The van der Waals surface area contributed by atoms with Crippen LogP contribution in [-0.2, 0) is 4.79 Å². The van der Waals surface area contributed by atoms with Crippen molar-refractivity contribution >= 4 is 12.0 Å². The number of carboxylic acids is 1. The highest BCUT2D eigenvalue weighted by molar-refractivity contribution is 5.74. The second-order valence-electron chi connectivity index (χ2n) is 7.29. The van der Waals surface area contributed by atoms with Gasteiger partial charge in [-0.2, -0.15) is 0 Å². The molecule has 0 spiro atoms. The summed E-state index contributed by atoms with van der Waals surface area (Å²) in [6.45, 7) is 5.35. The molecular weight excluding hydrogens is 268 g/mol. The highest BCUT2D eigenvalue weighted by atomic mass is 16.4. The fraction of sp³-hybridized carbons (Fsp3) is 0.875. The molecule has 5 heteroatoms. The average Bonchev–Trinajstić information content (AvgIpc) is 3.25. The lowest BCUT2D eigenvalue weighted by molar-refractivity contribution is -0.138. The lowest BCUT2D eigenvalue weighted by Gasteiger charge is -2.19. The maximum absolute atomic E-state index is 11.9. The number of carbonyl (C=O) groups excluding carboxylic acids is 1. The van der Waals surface area contributed by atoms with Crippen LogP contribution in [0.4, 0.5) is 4.79 Å². The lowest BCUT2D eigenvalue weighted by Crippen LogP contribution is -2.41. The minimum absolute atomic E-state index is 0.00608. The SMILES string of the molecule is CC(C)CC(CNC(=O)NCC1(C2CC2)CC1)CC(=O)O. The summed E-state index contributed by atoms with van der Waals surface area (Å²) in [7, 11) is 0. The molecule has 0 aliphatic heterocycles. The van der Waals surface area contributed by atoms with Gasteiger partial charge in [0.1, 0.15) is 0 Å². The van der Waals surface area contributed by atoms with Gasteiger partial charge in [0.2, 0.25) is 0 Å². The molecule has 0 aromatic carbocycles. The van der Waals surface area contributed by atoms with E-state index >= 15 is 0 Å². The largest absolute Gasteiger partial charge is 0.481 e. The molecule has 0 saturated heterocycles. The van der Waals surface area contributed by atoms with Crippen molar-refractivity contribution in [1.29, 1.82) is 0 Å². The fourth-order valence-corrected chi connectivity index (χ4v) is 3.29. The Morgan fingerprint density at radius 3 is 2.38 bits per heavy atom. The fourth-order valence-electron chi connectivity index (χ4n) is 3.29. The van der Waals surface area contributed by atoms with E-state index in [-0.39, 0.29) is 18.4 Å². The molecule has 0 bridgehead atoms. The average molecular weight is 296 g/mol. The molecular formula is C16H28N2O3. The molecule has 0 aromatic rings. The van der Waals surface area contributed by atoms with Gasteiger partial charge >= 0.3 is 12.0 Å². The van der Waals surface area contributed by atoms with Crippen LogP contribution in [0.2, 0.25) is 0 Å². The van der Waals surface area contributed by atoms with Gasteiger partial charge in [0.15, 0.2) is 0 Å². The zero-order chi connectivity index (χ0) is 15.5. The summed E-state index contributed by atoms with van der Waals surface area (Å²) in [5, 5.41) is 14.7. The maximum Gasteiger partial charge on any atom is 0.314 e. The Balaban J connectivity index is 1.67. The molecule has 2 rings (SSSR count). The standard InChI is InChI=1S/C16H28N2O3/c1-11(2)7-12(8-14(19)20)9-17-15(21)18-10-16(5-6-16)13-3-4-13/h11-13H,3-10H2,1-2H3,(H,19,20)(H2,17,18,21). The number of amides is 2. The monoisotopic (exact) mass is 296 g/mol. The number of nitrogens with one attached hydrogen (secondary N) is 2. The summed E-state index contributed by atoms with van der Waals surface area (Å²) in [6.07, 6.45) is 6.06. The van der Waals surface area contributed by atoms with Gasteiger partial charge in [-0.3, -0.25) is 4.79 Å². The molecule has 2 amide bonds. The number of hydrogen-bond acceptors (Lipinski definition) is 2. The van der Waals surface area contributed by atoms with Gasteiger partial charge in [0.05, 0.1) is 0 Å². The summed E-state index contributed by atoms with van der Waals surface area (Å²) in [6, 6.07) is -0.152. The quantitative estimate of drug-likeness (QED) is 0.612. The van der Waals surface area contributed by atoms with E-state index in [0.717, 1.165) is 18.9 Å². The molecule has 0 heterocycles. The van der Waals surface area contributed by atoms with E-state index in [9.17, 15) is 9.59 Å². The summed E-state index contributed by atoms with van der Waals surface area (Å²) in [5.41, 5.74) is 0.399. The van der Waals surface area contributed by atoms with Crippen LogP contribution >= 0.6 is 0 Å². The van der Waals surface area contributed by atoms with Crippen LogP contribution in [-0.4, -0.2) is 30.2 Å². The first kappa shape index (κ1) is 16.1. The molecule has 2 fully saturated rings. The molecule has 1 unspecified atom stereocenters. The molecule has 2 aliphatic rings. The van der Waals surface area contributed by atoms with Gasteiger partial charge in [0.25, 0.3) is 0 Å². The van der Waals surface area contributed by atoms with E-state index in [4.69, 9.17) is 5.11 Å². The number of carbonyl (C=O) groups is 2. The zero-order valence-corrected chi connectivity index (χ0v) is 13.2. The van der Waals surface area contributed by atoms with Gasteiger partial charge < -0.3 is 15.7 Å². The Bertz CT molecular complexity index is 387. The number of carboxylic acid groups (broad SMARTS) is 1. The second kappa shape index (κ2) is 6.67. The molecule has 120 valence electrons. The Hall–Kier alpha value is -1.26. The third-order valence-corrected chi connectivity index (χ3v) is 4.76. The third-order valence-electron chi connectivity index (χ3n) is 4.76. The predicted octanol–water partition coefficient (Wildman–Crippen LogP) is 2.61. The van der Waals surface area contributed by atoms with E-state index in [1.165, 1.54) is 25.7 Å². The van der Waals surface area contributed by atoms with Crippen molar-refractivity contribution < 1.29 is 14.7 Å². The molecule has 3 N–H and O–H groups in total. The minimum Gasteiger partial charge on any atom is -0.481 e. The van der Waals surface area contributed by atoms with Crippen molar-refractivity contribution in [3.63, 3.8) is 0 Å². The Labute approximate surface area is 126 Å². The molecule has 5 nitrogen and oxygen atoms in total. The summed E-state index contributed by atoms with van der Waals surface area (Å²) in [5.74, 6) is 0.474. The van der Waals surface area contributed by atoms with Crippen molar-refractivity contribution in [2.24, 2.45) is 23.2 Å². The van der Waals surface area contributed by atoms with E-state index in [2.05, 4.69) is 24.5 Å². The number of aliphatic carboxylic acids is 1. The topological polar surface area (TPSA) is 78.4 Å². The predicted molar refractivity (Wildman–Crippen MR) is 81.0 cm³/mol. The Morgan fingerprint density at radius 2 is 1.90 bits per heavy atom. The van der Waals surface area contributed by atoms with E-state index in [1.807, 2.05) is 0 Å². The normalized spacial score (nSPS) is 20.9. The highest BCUT2D eigenvalue weighted by Gasteiger charge is 2.53. The van der Waals surface area contributed by atoms with Crippen LogP contribution < -0.4 is 10.6 Å². The van der Waals surface area contributed by atoms with Gasteiger partial charge in [-0.05, 0) is 55.3 Å². The Kier molecular flexibility index (Phi) is 5.12. The Morgan fingerprint density at radius 1 is 1.24 bits per heavy atom. The van der Waals surface area contributed by atoms with E-state index < -0.39 is 5.97 Å². The first-order valence-electron chi connectivity index (χ1n) is 8.15. The smallest absolute Gasteiger partial charge is 0.314 e. The first-order valence-corrected chi connectivity index (χ1v) is 8.15. The van der Waals surface area contributed by atoms with Crippen LogP contribution in [0, 0.1) is 23.2 Å². The van der Waals surface area contributed by atoms with Crippen LogP contribution in [0.25, 0.3) is 0 Å². The van der Waals surface area contributed by atoms with E-state index in [1.54, 1.807) is 0 Å². The van der Waals surface area contributed by atoms with Crippen molar-refractivity contribution in [3.8, 4) is 0 Å². The molecule has 2 saturated carbocycles. The zero-order valence-electron chi connectivity index (χ0n) is 13.2. The second-order valence-corrected chi connectivity index (χ2v) is 7.29. The van der Waals surface area contributed by atoms with Gasteiger partial charge in [-0.25, -0.2) is 4.79 Å². The lowest BCUT2D eigenvalue weighted by atomic mass is 9.94. The van der Waals surface area contributed by atoms with Crippen molar-refractivity contribution in [3.05, 3.63) is 0 Å². The summed E-state index contributed by atoms with van der Waals surface area (Å²) >= 11 is 0. The maximum atomic E-state index is 11.9. The number of rotatable bonds is 9. The molecule has 1 atom stereocenters. The van der Waals surface area contributed by atoms with Crippen LogP contribution in [0.5, 0.6) is 0 Å². The number of urea groups is 1. The first-order chi connectivity index (χ1) is 9.91. The molecule has 0 radical (unpaired) electrons. The van der Waals surface area contributed by atoms with Crippen LogP contribution in [0.3, 0.4) is 0 Å². The van der Waals surface area contributed by atoms with Gasteiger partial charge in [-0.1, -0.05) is 13.8 Å². The summed E-state index contributed by atoms with van der Waals surface area (Å²) in [4.78, 5) is 22.7. The van der Waals surface area contributed by atoms with Crippen molar-refractivity contribution in [2.45, 2.75) is 52.4 Å². The van der Waals surface area contributed by atoms with Crippen LogP contribution in [0.1, 0.15) is 52.4 Å². The molecule has 0 aromatic heterocycles. The molecule has 2 aliphatic carbocycles. The van der Waals surface area contributed by atoms with Gasteiger partial charge in [0, 0.05) is 19.5 Å². The third kappa shape index (κ3) is 5.21.